The van der Waals surface area contributed by atoms with Gasteiger partial charge in [0.2, 0.25) is 0 Å². The molecule has 2 aromatic carbocycles. The van der Waals surface area contributed by atoms with Gasteiger partial charge in [-0.2, -0.15) is 0 Å². The Morgan fingerprint density at radius 2 is 1.94 bits per heavy atom. The lowest BCUT2D eigenvalue weighted by Crippen LogP contribution is -2.28. The minimum atomic E-state index is -0.366. The van der Waals surface area contributed by atoms with Crippen LogP contribution in [-0.2, 0) is 6.54 Å². The number of carbonyl (C=O) groups excluding carboxylic acids is 2. The molecule has 2 aromatic heterocycles. The largest absolute Gasteiger partial charge is 0.355 e. The van der Waals surface area contributed by atoms with E-state index in [-0.39, 0.29) is 11.9 Å². The van der Waals surface area contributed by atoms with Crippen LogP contribution in [0.3, 0.4) is 0 Å². The van der Waals surface area contributed by atoms with Gasteiger partial charge in [-0.15, -0.1) is 29.1 Å². The van der Waals surface area contributed by atoms with Gasteiger partial charge >= 0.3 is 6.03 Å². The van der Waals surface area contributed by atoms with Crippen molar-refractivity contribution in [1.29, 1.82) is 0 Å². The Bertz CT molecular complexity index is 1300. The van der Waals surface area contributed by atoms with E-state index in [0.29, 0.717) is 22.9 Å². The zero-order valence-corrected chi connectivity index (χ0v) is 18.1. The molecule has 3 amide bonds. The molecule has 31 heavy (non-hydrogen) atoms. The number of aromatic nitrogens is 2. The van der Waals surface area contributed by atoms with Crippen LogP contribution in [0.25, 0.3) is 21.3 Å². The number of nitrogens with zero attached hydrogens (tertiary/aromatic N) is 2. The first-order chi connectivity index (χ1) is 15.1. The van der Waals surface area contributed by atoms with Gasteiger partial charge in [-0.05, 0) is 29.2 Å². The highest BCUT2D eigenvalue weighted by molar-refractivity contribution is 7.17. The van der Waals surface area contributed by atoms with Crippen LogP contribution < -0.4 is 16.0 Å². The molecule has 0 aliphatic heterocycles. The number of hydrogen-bond donors (Lipinski definition) is 3. The predicted octanol–water partition coefficient (Wildman–Crippen LogP) is 4.08. The smallest absolute Gasteiger partial charge is 0.320 e. The fourth-order valence-corrected chi connectivity index (χ4v) is 4.48. The van der Waals surface area contributed by atoms with Crippen LogP contribution in [0.1, 0.15) is 20.9 Å². The van der Waals surface area contributed by atoms with Gasteiger partial charge in [0, 0.05) is 30.1 Å². The summed E-state index contributed by atoms with van der Waals surface area (Å²) in [5, 5.41) is 10.3. The standard InChI is InChI=1S/C22H17N5O2S2/c1-3-18-26-17(11-30-18)27-22(29)24-10-13-4-6-14(7-5-13)19-15(21(28)23-2)8-9-16-20(19)31-12-25-16/h1,4-9,11-12H,10H2,2H3,(H,23,28)(H2,24,27,29). The van der Waals surface area contributed by atoms with E-state index < -0.39 is 0 Å². The quantitative estimate of drug-likeness (QED) is 0.402. The molecule has 3 N–H and O–H groups in total. The second-order valence-electron chi connectivity index (χ2n) is 6.45. The lowest BCUT2D eigenvalue weighted by atomic mass is 9.97. The molecular weight excluding hydrogens is 430 g/mol. The van der Waals surface area contributed by atoms with Gasteiger partial charge < -0.3 is 10.6 Å². The Kier molecular flexibility index (Phi) is 5.93. The summed E-state index contributed by atoms with van der Waals surface area (Å²) in [7, 11) is 1.61. The van der Waals surface area contributed by atoms with Crippen molar-refractivity contribution in [3.63, 3.8) is 0 Å². The van der Waals surface area contributed by atoms with Crippen LogP contribution in [0.15, 0.2) is 47.3 Å². The molecule has 0 aliphatic carbocycles. The second kappa shape index (κ2) is 8.95. The molecule has 0 saturated carbocycles. The summed E-state index contributed by atoms with van der Waals surface area (Å²) in [5.41, 5.74) is 5.90. The third-order valence-corrected chi connectivity index (χ3v) is 6.17. The van der Waals surface area contributed by atoms with Gasteiger partial charge in [-0.1, -0.05) is 24.3 Å². The highest BCUT2D eigenvalue weighted by Crippen LogP contribution is 2.34. The third kappa shape index (κ3) is 4.40. The summed E-state index contributed by atoms with van der Waals surface area (Å²) in [4.78, 5) is 32.9. The zero-order chi connectivity index (χ0) is 21.8. The number of hydrogen-bond acceptors (Lipinski definition) is 6. The minimum absolute atomic E-state index is 0.150. The maximum Gasteiger partial charge on any atom is 0.320 e. The van der Waals surface area contributed by atoms with Gasteiger partial charge in [0.05, 0.1) is 15.7 Å². The first-order valence-corrected chi connectivity index (χ1v) is 11.0. The summed E-state index contributed by atoms with van der Waals surface area (Å²) in [5.74, 6) is 2.70. The van der Waals surface area contributed by atoms with E-state index in [1.807, 2.05) is 30.3 Å². The van der Waals surface area contributed by atoms with E-state index in [0.717, 1.165) is 26.9 Å². The topological polar surface area (TPSA) is 96.0 Å². The summed E-state index contributed by atoms with van der Waals surface area (Å²) < 4.78 is 0.959. The van der Waals surface area contributed by atoms with Crippen molar-refractivity contribution in [1.82, 2.24) is 20.6 Å². The predicted molar refractivity (Wildman–Crippen MR) is 124 cm³/mol. The number of carbonyl (C=O) groups is 2. The maximum absolute atomic E-state index is 12.4. The van der Waals surface area contributed by atoms with Gasteiger partial charge in [-0.25, -0.2) is 14.8 Å². The van der Waals surface area contributed by atoms with Crippen LogP contribution >= 0.6 is 22.7 Å². The highest BCUT2D eigenvalue weighted by atomic mass is 32.1. The SMILES string of the molecule is C#Cc1nc(NC(=O)NCc2ccc(-c3c(C(=O)NC)ccc4ncsc34)cc2)cs1. The molecule has 2 heterocycles. The Morgan fingerprint density at radius 1 is 1.13 bits per heavy atom. The van der Waals surface area contributed by atoms with E-state index in [9.17, 15) is 9.59 Å². The summed E-state index contributed by atoms with van der Waals surface area (Å²) in [6.07, 6.45) is 5.29. The second-order valence-corrected chi connectivity index (χ2v) is 8.17. The van der Waals surface area contributed by atoms with Crippen molar-refractivity contribution in [3.05, 3.63) is 63.4 Å². The number of benzene rings is 2. The average molecular weight is 448 g/mol. The van der Waals surface area contributed by atoms with E-state index in [4.69, 9.17) is 6.42 Å². The van der Waals surface area contributed by atoms with Crippen LogP contribution in [0.5, 0.6) is 0 Å². The van der Waals surface area contributed by atoms with Crippen molar-refractivity contribution in [3.8, 4) is 23.5 Å². The first kappa shape index (κ1) is 20.5. The fraction of sp³-hybridized carbons (Fsp3) is 0.0909. The van der Waals surface area contributed by atoms with Crippen molar-refractivity contribution in [2.75, 3.05) is 12.4 Å². The molecular formula is C22H17N5O2S2. The third-order valence-electron chi connectivity index (χ3n) is 4.54. The monoisotopic (exact) mass is 447 g/mol. The first-order valence-electron chi connectivity index (χ1n) is 9.23. The number of amides is 3. The fourth-order valence-electron chi connectivity index (χ4n) is 3.07. The molecule has 0 fully saturated rings. The molecule has 0 radical (unpaired) electrons. The molecule has 7 nitrogen and oxygen atoms in total. The van der Waals surface area contributed by atoms with Gasteiger partial charge in [0.1, 0.15) is 5.82 Å². The normalized spacial score (nSPS) is 10.5. The van der Waals surface area contributed by atoms with Crippen LogP contribution in [0.4, 0.5) is 10.6 Å². The summed E-state index contributed by atoms with van der Waals surface area (Å²) >= 11 is 2.79. The number of terminal acetylenes is 1. The Balaban J connectivity index is 1.50. The van der Waals surface area contributed by atoms with E-state index in [1.165, 1.54) is 22.7 Å². The maximum atomic E-state index is 12.4. The Morgan fingerprint density at radius 3 is 2.65 bits per heavy atom. The molecule has 0 atom stereocenters. The van der Waals surface area contributed by atoms with Crippen molar-refractivity contribution in [2.24, 2.45) is 0 Å². The molecule has 4 aromatic rings. The zero-order valence-electron chi connectivity index (χ0n) is 16.4. The molecule has 9 heteroatoms. The molecule has 0 aliphatic rings. The number of nitrogens with one attached hydrogen (secondary N) is 3. The molecule has 0 bridgehead atoms. The van der Waals surface area contributed by atoms with E-state index >= 15 is 0 Å². The van der Waals surface area contributed by atoms with Crippen molar-refractivity contribution < 1.29 is 9.59 Å². The summed E-state index contributed by atoms with van der Waals surface area (Å²) in [6.45, 7) is 0.339. The van der Waals surface area contributed by atoms with Crippen molar-refractivity contribution in [2.45, 2.75) is 6.54 Å². The van der Waals surface area contributed by atoms with Crippen LogP contribution in [0.2, 0.25) is 0 Å². The average Bonchev–Trinajstić information content (AvgIpc) is 3.46. The minimum Gasteiger partial charge on any atom is -0.355 e. The number of urea groups is 1. The van der Waals surface area contributed by atoms with E-state index in [1.54, 1.807) is 24.0 Å². The van der Waals surface area contributed by atoms with Crippen LogP contribution in [0, 0.1) is 12.3 Å². The molecule has 0 saturated heterocycles. The van der Waals surface area contributed by atoms with E-state index in [2.05, 4.69) is 31.8 Å². The van der Waals surface area contributed by atoms with Crippen molar-refractivity contribution >= 4 is 50.6 Å². The van der Waals surface area contributed by atoms with Crippen LogP contribution in [-0.4, -0.2) is 29.0 Å². The Labute approximate surface area is 186 Å². The number of anilines is 1. The highest BCUT2D eigenvalue weighted by Gasteiger charge is 2.16. The van der Waals surface area contributed by atoms with Gasteiger partial charge in [-0.3, -0.25) is 10.1 Å². The lowest BCUT2D eigenvalue weighted by molar-refractivity contribution is 0.0964. The number of fused-ring (bicyclic) bond motifs is 1. The van der Waals surface area contributed by atoms with Gasteiger partial charge in [0.25, 0.3) is 5.91 Å². The number of rotatable bonds is 5. The number of thiazole rings is 2. The summed E-state index contributed by atoms with van der Waals surface area (Å²) in [6, 6.07) is 11.0. The molecule has 154 valence electrons. The molecule has 4 rings (SSSR count). The lowest BCUT2D eigenvalue weighted by Gasteiger charge is -2.11. The Hall–Kier alpha value is -3.74. The molecule has 0 unspecified atom stereocenters. The molecule has 0 spiro atoms. The van der Waals surface area contributed by atoms with Gasteiger partial charge in [0.15, 0.2) is 5.01 Å².